The number of nitrogens with one attached hydrogen (secondary N) is 2. The summed E-state index contributed by atoms with van der Waals surface area (Å²) in [5.74, 6) is -0.583. The third kappa shape index (κ3) is 4.78. The summed E-state index contributed by atoms with van der Waals surface area (Å²) in [6, 6.07) is 16.6. The highest BCUT2D eigenvalue weighted by Crippen LogP contribution is 2.17. The Balaban J connectivity index is 1.64. The third-order valence-corrected chi connectivity index (χ3v) is 3.74. The fourth-order valence-electron chi connectivity index (χ4n) is 2.21. The van der Waals surface area contributed by atoms with Crippen LogP contribution in [0.25, 0.3) is 0 Å². The van der Waals surface area contributed by atoms with E-state index in [0.717, 1.165) is 11.3 Å². The minimum Gasteiger partial charge on any atom is -0.355 e. The lowest BCUT2D eigenvalue weighted by molar-refractivity contribution is 0.0946. The van der Waals surface area contributed by atoms with E-state index in [1.54, 1.807) is 42.6 Å². The number of hydrogen-bond acceptors (Lipinski definition) is 3. The van der Waals surface area contributed by atoms with Gasteiger partial charge < -0.3 is 10.6 Å². The maximum Gasteiger partial charge on any atom is 0.270 e. The van der Waals surface area contributed by atoms with E-state index in [2.05, 4.69) is 15.6 Å². The second-order valence-corrected chi connectivity index (χ2v) is 5.81. The van der Waals surface area contributed by atoms with Crippen LogP contribution in [0, 0.1) is 5.82 Å². The van der Waals surface area contributed by atoms with Crippen molar-refractivity contribution in [2.75, 3.05) is 5.32 Å². The van der Waals surface area contributed by atoms with Gasteiger partial charge >= 0.3 is 0 Å². The molecule has 0 bridgehead atoms. The molecule has 0 fully saturated rings. The lowest BCUT2D eigenvalue weighted by Crippen LogP contribution is -2.23. The fourth-order valence-corrected chi connectivity index (χ4v) is 2.33. The van der Waals surface area contributed by atoms with Crippen molar-refractivity contribution in [1.82, 2.24) is 10.3 Å². The largest absolute Gasteiger partial charge is 0.355 e. The number of carbonyl (C=O) groups excluding carboxylic acids is 1. The van der Waals surface area contributed by atoms with Gasteiger partial charge in [-0.3, -0.25) is 9.78 Å². The van der Waals surface area contributed by atoms with Gasteiger partial charge in [0.25, 0.3) is 5.91 Å². The van der Waals surface area contributed by atoms with E-state index in [-0.39, 0.29) is 11.7 Å². The number of halogens is 2. The molecule has 2 aromatic carbocycles. The van der Waals surface area contributed by atoms with Crippen LogP contribution in [0.4, 0.5) is 15.8 Å². The molecule has 1 aromatic heterocycles. The van der Waals surface area contributed by atoms with E-state index in [1.165, 1.54) is 12.1 Å². The van der Waals surface area contributed by atoms with Gasteiger partial charge in [-0.2, -0.15) is 0 Å². The summed E-state index contributed by atoms with van der Waals surface area (Å²) in [7, 11) is 0. The highest BCUT2D eigenvalue weighted by atomic mass is 35.5. The van der Waals surface area contributed by atoms with E-state index in [1.807, 2.05) is 12.1 Å². The zero-order valence-corrected chi connectivity index (χ0v) is 13.9. The summed E-state index contributed by atoms with van der Waals surface area (Å²) in [5, 5.41) is 6.57. The van der Waals surface area contributed by atoms with E-state index >= 15 is 0 Å². The first kappa shape index (κ1) is 16.9. The molecule has 0 radical (unpaired) electrons. The molecule has 0 saturated carbocycles. The molecule has 2 N–H and O–H groups in total. The lowest BCUT2D eigenvalue weighted by Gasteiger charge is -2.09. The second kappa shape index (κ2) is 7.77. The van der Waals surface area contributed by atoms with Crippen LogP contribution in [0.5, 0.6) is 0 Å². The Morgan fingerprint density at radius 1 is 1.00 bits per heavy atom. The van der Waals surface area contributed by atoms with Crippen LogP contribution in [0.3, 0.4) is 0 Å². The van der Waals surface area contributed by atoms with E-state index in [4.69, 9.17) is 11.6 Å². The molecule has 0 spiro atoms. The molecular formula is C19H15ClFN3O. The first-order valence-corrected chi connectivity index (χ1v) is 7.99. The van der Waals surface area contributed by atoms with Crippen molar-refractivity contribution in [1.29, 1.82) is 0 Å². The molecule has 0 saturated heterocycles. The Kier molecular flexibility index (Phi) is 5.26. The number of nitrogens with zero attached hydrogens (tertiary/aromatic N) is 1. The predicted octanol–water partition coefficient (Wildman–Crippen LogP) is 4.55. The number of benzene rings is 2. The molecule has 0 unspecified atom stereocenters. The average Bonchev–Trinajstić information content (AvgIpc) is 2.63. The van der Waals surface area contributed by atoms with Gasteiger partial charge in [0, 0.05) is 29.1 Å². The van der Waals surface area contributed by atoms with E-state index < -0.39 is 0 Å². The number of amides is 1. The van der Waals surface area contributed by atoms with Crippen LogP contribution < -0.4 is 10.6 Å². The van der Waals surface area contributed by atoms with E-state index in [0.29, 0.717) is 22.9 Å². The van der Waals surface area contributed by atoms with Crippen molar-refractivity contribution in [2.24, 2.45) is 0 Å². The Morgan fingerprint density at radius 3 is 2.44 bits per heavy atom. The van der Waals surface area contributed by atoms with Crippen LogP contribution in [0.2, 0.25) is 5.02 Å². The fraction of sp³-hybridized carbons (Fsp3) is 0.0526. The molecule has 4 nitrogen and oxygen atoms in total. The molecule has 126 valence electrons. The summed E-state index contributed by atoms with van der Waals surface area (Å²) >= 11 is 5.84. The summed E-state index contributed by atoms with van der Waals surface area (Å²) in [6.45, 7) is 0.382. The summed E-state index contributed by atoms with van der Waals surface area (Å²) in [5.41, 5.74) is 2.65. The lowest BCUT2D eigenvalue weighted by atomic mass is 10.2. The van der Waals surface area contributed by atoms with Gasteiger partial charge in [0.15, 0.2) is 0 Å². The average molecular weight is 356 g/mol. The molecule has 0 aliphatic rings. The Hall–Kier alpha value is -2.92. The van der Waals surface area contributed by atoms with Gasteiger partial charge in [-0.25, -0.2) is 4.39 Å². The molecule has 0 aliphatic carbocycles. The van der Waals surface area contributed by atoms with Crippen molar-refractivity contribution in [3.63, 3.8) is 0 Å². The maximum absolute atomic E-state index is 12.9. The number of anilines is 2. The number of aromatic nitrogens is 1. The number of pyridine rings is 1. The normalized spacial score (nSPS) is 10.3. The van der Waals surface area contributed by atoms with Crippen molar-refractivity contribution >= 4 is 28.9 Å². The first-order chi connectivity index (χ1) is 12.1. The van der Waals surface area contributed by atoms with Crippen LogP contribution in [0.15, 0.2) is 66.9 Å². The molecule has 25 heavy (non-hydrogen) atoms. The SMILES string of the molecule is O=C(NCc1ccc(Cl)cc1)c1cc(Nc2ccc(F)cc2)ccn1. The maximum atomic E-state index is 12.9. The Bertz CT molecular complexity index is 867. The highest BCUT2D eigenvalue weighted by Gasteiger charge is 2.08. The van der Waals surface area contributed by atoms with Crippen molar-refractivity contribution < 1.29 is 9.18 Å². The predicted molar refractivity (Wildman–Crippen MR) is 96.5 cm³/mol. The number of hydrogen-bond donors (Lipinski definition) is 2. The molecule has 0 atom stereocenters. The second-order valence-electron chi connectivity index (χ2n) is 5.37. The number of carbonyl (C=O) groups is 1. The summed E-state index contributed by atoms with van der Waals surface area (Å²) in [6.07, 6.45) is 1.54. The molecule has 6 heteroatoms. The Labute approximate surface area is 149 Å². The molecular weight excluding hydrogens is 341 g/mol. The monoisotopic (exact) mass is 355 g/mol. The van der Waals surface area contributed by atoms with Gasteiger partial charge in [0.05, 0.1) is 0 Å². The Morgan fingerprint density at radius 2 is 1.72 bits per heavy atom. The molecule has 3 rings (SSSR count). The molecule has 0 aliphatic heterocycles. The molecule has 1 heterocycles. The van der Waals surface area contributed by atoms with Crippen LogP contribution >= 0.6 is 11.6 Å². The van der Waals surface area contributed by atoms with Crippen molar-refractivity contribution in [2.45, 2.75) is 6.54 Å². The van der Waals surface area contributed by atoms with Gasteiger partial charge in [0.1, 0.15) is 11.5 Å². The molecule has 3 aromatic rings. The van der Waals surface area contributed by atoms with Crippen LogP contribution in [0.1, 0.15) is 16.1 Å². The zero-order chi connectivity index (χ0) is 17.6. The van der Waals surface area contributed by atoms with Gasteiger partial charge in [-0.05, 0) is 54.1 Å². The van der Waals surface area contributed by atoms with E-state index in [9.17, 15) is 9.18 Å². The van der Waals surface area contributed by atoms with Crippen LogP contribution in [-0.4, -0.2) is 10.9 Å². The molecule has 1 amide bonds. The van der Waals surface area contributed by atoms with Gasteiger partial charge in [0.2, 0.25) is 0 Å². The van der Waals surface area contributed by atoms with Gasteiger partial charge in [-0.15, -0.1) is 0 Å². The first-order valence-electron chi connectivity index (χ1n) is 7.61. The quantitative estimate of drug-likeness (QED) is 0.706. The van der Waals surface area contributed by atoms with Crippen molar-refractivity contribution in [3.8, 4) is 0 Å². The minimum atomic E-state index is -0.303. The minimum absolute atomic E-state index is 0.280. The standard InChI is InChI=1S/C19H15ClFN3O/c20-14-3-1-13(2-4-14)12-23-19(25)18-11-17(9-10-22-18)24-16-7-5-15(21)6-8-16/h1-11H,12H2,(H,22,24)(H,23,25). The summed E-state index contributed by atoms with van der Waals surface area (Å²) < 4.78 is 12.9. The van der Waals surface area contributed by atoms with Gasteiger partial charge in [-0.1, -0.05) is 23.7 Å². The number of rotatable bonds is 5. The van der Waals surface area contributed by atoms with Crippen molar-refractivity contribution in [3.05, 3.63) is 89.0 Å². The highest BCUT2D eigenvalue weighted by molar-refractivity contribution is 6.30. The third-order valence-electron chi connectivity index (χ3n) is 3.49. The topological polar surface area (TPSA) is 54.0 Å². The smallest absolute Gasteiger partial charge is 0.270 e. The van der Waals surface area contributed by atoms with Crippen LogP contribution in [-0.2, 0) is 6.54 Å². The summed E-state index contributed by atoms with van der Waals surface area (Å²) in [4.78, 5) is 16.3. The zero-order valence-electron chi connectivity index (χ0n) is 13.2.